The van der Waals surface area contributed by atoms with E-state index < -0.39 is 0 Å². The predicted molar refractivity (Wildman–Crippen MR) is 467 cm³/mol. The lowest BCUT2D eigenvalue weighted by molar-refractivity contribution is 0.995. The molecule has 6 heterocycles. The molecule has 8 nitrogen and oxygen atoms in total. The van der Waals surface area contributed by atoms with Gasteiger partial charge in [0.25, 0.3) is 0 Å². The summed E-state index contributed by atoms with van der Waals surface area (Å²) in [4.78, 5) is 20.9. The number of rotatable bonds is 10. The molecule has 0 saturated heterocycles. The highest BCUT2D eigenvalue weighted by atomic mass is 15.2. The molecule has 112 heavy (non-hydrogen) atoms. The summed E-state index contributed by atoms with van der Waals surface area (Å²) in [5, 5.41) is 17.1. The van der Waals surface area contributed by atoms with E-state index in [0.29, 0.717) is 11.9 Å². The molecule has 0 amide bonds. The van der Waals surface area contributed by atoms with Gasteiger partial charge in [0.05, 0.1) is 66.9 Å². The first-order chi connectivity index (χ1) is 55.5. The number of para-hydroxylation sites is 4. The Morgan fingerprint density at radius 1 is 0.143 bits per heavy atom. The van der Waals surface area contributed by atoms with Crippen LogP contribution in [0.1, 0.15) is 0 Å². The third kappa shape index (κ3) is 10.8. The van der Waals surface area contributed by atoms with Gasteiger partial charge in [-0.05, 0) is 164 Å². The summed E-state index contributed by atoms with van der Waals surface area (Å²) in [5.74, 6) is 1.30. The molecular formula is C104H66N8. The summed E-state index contributed by atoms with van der Waals surface area (Å²) in [6.07, 6.45) is 0. The van der Waals surface area contributed by atoms with Crippen molar-refractivity contribution in [2.24, 2.45) is 0 Å². The van der Waals surface area contributed by atoms with Gasteiger partial charge in [0.1, 0.15) is 0 Å². The number of aromatic nitrogens is 8. The second-order valence-electron chi connectivity index (χ2n) is 28.9. The standard InChI is InChI=1S/C54H34N4.C50H32N4/c1-3-14-36(15-4-1)48-34-49(37-16-5-2-6-17-37)56-54(55-48)58-51-22-12-10-20-45(51)47-33-39(26-30-53(47)58)38-25-29-52-46(32-38)44-19-9-11-21-50(44)57(52)41-27-28-43-40(31-41)24-23-35-13-7-8-18-42(35)43;1-3-14-34(15-4-1)44-32-45(35-16-5-2-6-17-35)52-50(51-44)54-47-22-12-10-20-41(47)43-31-38(25-28-49(43)54)37-24-27-48-42(30-37)40-19-9-11-21-46(40)53(48)39-26-23-33-13-7-8-18-36(33)29-39/h1-34H;1-32H. The van der Waals surface area contributed by atoms with Crippen LogP contribution in [0, 0.1) is 0 Å². The Kier molecular flexibility index (Phi) is 15.1. The molecule has 0 unspecified atom stereocenters. The molecule has 0 aliphatic rings. The maximum atomic E-state index is 5.22. The number of fused-ring (bicyclic) bond motifs is 16. The zero-order chi connectivity index (χ0) is 73.7. The molecule has 0 spiro atoms. The van der Waals surface area contributed by atoms with E-state index in [4.69, 9.17) is 19.9 Å². The molecule has 0 N–H and O–H groups in total. The summed E-state index contributed by atoms with van der Waals surface area (Å²) in [6, 6.07) is 143. The number of benzene rings is 17. The predicted octanol–water partition coefficient (Wildman–Crippen LogP) is 26.8. The van der Waals surface area contributed by atoms with Gasteiger partial charge in [-0.2, -0.15) is 0 Å². The van der Waals surface area contributed by atoms with Crippen molar-refractivity contribution in [3.05, 3.63) is 400 Å². The van der Waals surface area contributed by atoms with Crippen LogP contribution in [0.15, 0.2) is 400 Å². The monoisotopic (exact) mass is 1430 g/mol. The molecule has 0 atom stereocenters. The van der Waals surface area contributed by atoms with Crippen molar-refractivity contribution in [2.75, 3.05) is 0 Å². The summed E-state index contributed by atoms with van der Waals surface area (Å²) in [5.41, 5.74) is 23.8. The van der Waals surface area contributed by atoms with Gasteiger partial charge in [-0.3, -0.25) is 9.13 Å². The smallest absolute Gasteiger partial charge is 0.235 e. The topological polar surface area (TPSA) is 71.3 Å². The van der Waals surface area contributed by atoms with Gasteiger partial charge in [0.15, 0.2) is 0 Å². The Bertz CT molecular complexity index is 7570. The van der Waals surface area contributed by atoms with E-state index in [-0.39, 0.29) is 0 Å². The van der Waals surface area contributed by atoms with Crippen molar-refractivity contribution in [1.82, 2.24) is 38.2 Å². The van der Waals surface area contributed by atoms with Crippen LogP contribution in [0.2, 0.25) is 0 Å². The normalized spacial score (nSPS) is 11.8. The Balaban J connectivity index is 0.000000138. The SMILES string of the molecule is c1ccc(-c2cc(-c3ccccc3)nc(-n3c4ccccc4c4cc(-c5ccc6c(c5)c5ccccc5n6-c5ccc6c(ccc7ccccc76)c5)ccc43)n2)cc1.c1ccc(-c2cc(-c3ccccc3)nc(-n3c4ccccc4c4cc(-c5ccc6c(c5)c5ccccc5n6-c5ccc6ccccc6c5)ccc43)n2)cc1. The van der Waals surface area contributed by atoms with Gasteiger partial charge >= 0.3 is 0 Å². The van der Waals surface area contributed by atoms with Crippen molar-refractivity contribution in [3.63, 3.8) is 0 Å². The minimum Gasteiger partial charge on any atom is -0.309 e. The van der Waals surface area contributed by atoms with E-state index in [0.717, 1.165) is 100 Å². The van der Waals surface area contributed by atoms with E-state index >= 15 is 0 Å². The second-order valence-corrected chi connectivity index (χ2v) is 28.9. The van der Waals surface area contributed by atoms with E-state index in [9.17, 15) is 0 Å². The maximum absolute atomic E-state index is 5.22. The summed E-state index contributed by atoms with van der Waals surface area (Å²) >= 11 is 0. The van der Waals surface area contributed by atoms with E-state index in [1.165, 1.54) is 98.0 Å². The summed E-state index contributed by atoms with van der Waals surface area (Å²) in [6.45, 7) is 0. The highest BCUT2D eigenvalue weighted by molar-refractivity contribution is 6.16. The van der Waals surface area contributed by atoms with Gasteiger partial charge in [-0.15, -0.1) is 0 Å². The molecule has 6 aromatic heterocycles. The third-order valence-electron chi connectivity index (χ3n) is 22.4. The van der Waals surface area contributed by atoms with Crippen LogP contribution in [0.25, 0.3) is 210 Å². The van der Waals surface area contributed by atoms with Crippen LogP contribution in [-0.4, -0.2) is 38.2 Å². The quantitative estimate of drug-likeness (QED) is 0.128. The lowest BCUT2D eigenvalue weighted by Crippen LogP contribution is -2.03. The fourth-order valence-corrected chi connectivity index (χ4v) is 17.1. The average Bonchev–Trinajstić information content (AvgIpc) is 1.59. The first-order valence-corrected chi connectivity index (χ1v) is 38.1. The van der Waals surface area contributed by atoms with E-state index in [1.807, 2.05) is 24.3 Å². The van der Waals surface area contributed by atoms with Gasteiger partial charge in [0, 0.05) is 76.7 Å². The zero-order valence-electron chi connectivity index (χ0n) is 60.7. The van der Waals surface area contributed by atoms with Crippen molar-refractivity contribution in [3.8, 4) is 90.6 Å². The Hall–Kier alpha value is -15.1. The van der Waals surface area contributed by atoms with E-state index in [2.05, 4.69) is 394 Å². The van der Waals surface area contributed by atoms with Crippen LogP contribution in [-0.2, 0) is 0 Å². The fraction of sp³-hybridized carbons (Fsp3) is 0. The zero-order valence-corrected chi connectivity index (χ0v) is 60.7. The number of hydrogen-bond acceptors (Lipinski definition) is 4. The lowest BCUT2D eigenvalue weighted by atomic mass is 10.0. The molecule has 522 valence electrons. The minimum absolute atomic E-state index is 0.648. The molecule has 0 saturated carbocycles. The molecule has 0 radical (unpaired) electrons. The van der Waals surface area contributed by atoms with Crippen LogP contribution in [0.5, 0.6) is 0 Å². The molecule has 0 aliphatic carbocycles. The first-order valence-electron chi connectivity index (χ1n) is 38.1. The van der Waals surface area contributed by atoms with Crippen LogP contribution in [0.3, 0.4) is 0 Å². The molecule has 17 aromatic carbocycles. The molecule has 0 bridgehead atoms. The highest BCUT2D eigenvalue weighted by Crippen LogP contribution is 2.43. The average molecular weight is 1430 g/mol. The van der Waals surface area contributed by atoms with Crippen molar-refractivity contribution in [2.45, 2.75) is 0 Å². The van der Waals surface area contributed by atoms with Gasteiger partial charge in [-0.25, -0.2) is 19.9 Å². The van der Waals surface area contributed by atoms with Crippen LogP contribution in [0.4, 0.5) is 0 Å². The minimum atomic E-state index is 0.648. The van der Waals surface area contributed by atoms with Crippen LogP contribution >= 0.6 is 0 Å². The lowest BCUT2D eigenvalue weighted by Gasteiger charge is -2.12. The van der Waals surface area contributed by atoms with Gasteiger partial charge in [-0.1, -0.05) is 291 Å². The molecule has 23 aromatic rings. The van der Waals surface area contributed by atoms with Crippen molar-refractivity contribution < 1.29 is 0 Å². The number of nitrogens with zero attached hydrogens (tertiary/aromatic N) is 8. The second kappa shape index (κ2) is 26.4. The summed E-state index contributed by atoms with van der Waals surface area (Å²) in [7, 11) is 0. The van der Waals surface area contributed by atoms with E-state index in [1.54, 1.807) is 0 Å². The third-order valence-corrected chi connectivity index (χ3v) is 22.4. The Morgan fingerprint density at radius 2 is 0.411 bits per heavy atom. The Morgan fingerprint density at radius 3 is 0.804 bits per heavy atom. The molecule has 0 aliphatic heterocycles. The van der Waals surface area contributed by atoms with Crippen LogP contribution < -0.4 is 0 Å². The molecule has 23 rings (SSSR count). The maximum Gasteiger partial charge on any atom is 0.235 e. The van der Waals surface area contributed by atoms with Crippen molar-refractivity contribution in [1.29, 1.82) is 0 Å². The fourth-order valence-electron chi connectivity index (χ4n) is 17.1. The van der Waals surface area contributed by atoms with Gasteiger partial charge in [0.2, 0.25) is 11.9 Å². The van der Waals surface area contributed by atoms with Gasteiger partial charge < -0.3 is 9.13 Å². The summed E-state index contributed by atoms with van der Waals surface area (Å²) < 4.78 is 9.24. The molecule has 0 fully saturated rings. The molecular weight excluding hydrogens is 1360 g/mol. The highest BCUT2D eigenvalue weighted by Gasteiger charge is 2.23. The first kappa shape index (κ1) is 64.1. The van der Waals surface area contributed by atoms with Crippen molar-refractivity contribution >= 4 is 120 Å². The number of hydrogen-bond donors (Lipinski definition) is 0. The Labute approximate surface area is 644 Å². The largest absolute Gasteiger partial charge is 0.309 e. The molecule has 8 heteroatoms.